The highest BCUT2D eigenvalue weighted by atomic mass is 19.4. The van der Waals surface area contributed by atoms with Gasteiger partial charge in [0.2, 0.25) is 0 Å². The molecule has 0 radical (unpaired) electrons. The van der Waals surface area contributed by atoms with Crippen molar-refractivity contribution in [3.63, 3.8) is 0 Å². The van der Waals surface area contributed by atoms with Gasteiger partial charge in [-0.1, -0.05) is 18.2 Å². The molecule has 1 aromatic carbocycles. The summed E-state index contributed by atoms with van der Waals surface area (Å²) in [5, 5.41) is 0. The Kier molecular flexibility index (Phi) is 3.71. The summed E-state index contributed by atoms with van der Waals surface area (Å²) in [6, 6.07) is 1.79. The van der Waals surface area contributed by atoms with Crippen LogP contribution in [0, 0.1) is 0 Å². The van der Waals surface area contributed by atoms with Crippen molar-refractivity contribution in [2.24, 2.45) is 5.73 Å². The number of benzene rings is 1. The molecule has 1 rings (SSSR count). The highest BCUT2D eigenvalue weighted by Gasteiger charge is 2.39. The van der Waals surface area contributed by atoms with Gasteiger partial charge in [-0.15, -0.1) is 0 Å². The lowest BCUT2D eigenvalue weighted by Crippen LogP contribution is -2.39. The van der Waals surface area contributed by atoms with Crippen LogP contribution in [0.2, 0.25) is 0 Å². The van der Waals surface area contributed by atoms with E-state index in [4.69, 9.17) is 5.73 Å². The molecule has 0 bridgehead atoms. The van der Waals surface area contributed by atoms with E-state index in [2.05, 4.69) is 0 Å². The number of halogens is 6. The van der Waals surface area contributed by atoms with Gasteiger partial charge in [0.1, 0.15) is 6.04 Å². The largest absolute Gasteiger partial charge is 0.416 e. The minimum absolute atomic E-state index is 0.454. The molecule has 0 aliphatic heterocycles. The first-order chi connectivity index (χ1) is 7.62. The highest BCUT2D eigenvalue weighted by molar-refractivity contribution is 5.30. The monoisotopic (exact) mass is 257 g/mol. The number of nitrogens with two attached hydrogens (primary N) is 1. The summed E-state index contributed by atoms with van der Waals surface area (Å²) in [6.45, 7) is 0. The van der Waals surface area contributed by atoms with Crippen LogP contribution in [0.4, 0.5) is 26.3 Å². The smallest absolute Gasteiger partial charge is 0.320 e. The molecule has 0 fully saturated rings. The molecule has 0 saturated heterocycles. The molecular formula is C10H9F6N. The van der Waals surface area contributed by atoms with Crippen LogP contribution < -0.4 is 5.73 Å². The third-order valence-corrected chi connectivity index (χ3v) is 2.18. The maximum Gasteiger partial charge on any atom is 0.416 e. The van der Waals surface area contributed by atoms with E-state index in [1.54, 1.807) is 0 Å². The molecule has 0 aromatic heterocycles. The van der Waals surface area contributed by atoms with Crippen molar-refractivity contribution in [3.05, 3.63) is 35.4 Å². The van der Waals surface area contributed by atoms with Crippen molar-refractivity contribution < 1.29 is 26.3 Å². The molecule has 0 aliphatic rings. The maximum absolute atomic E-state index is 12.5. The van der Waals surface area contributed by atoms with Gasteiger partial charge in [-0.05, 0) is 18.1 Å². The second-order valence-corrected chi connectivity index (χ2v) is 3.51. The Morgan fingerprint density at radius 2 is 1.53 bits per heavy atom. The van der Waals surface area contributed by atoms with Crippen LogP contribution in [-0.4, -0.2) is 12.2 Å². The maximum atomic E-state index is 12.5. The van der Waals surface area contributed by atoms with E-state index < -0.39 is 35.9 Å². The molecule has 0 aliphatic carbocycles. The first kappa shape index (κ1) is 13.8. The quantitative estimate of drug-likeness (QED) is 0.809. The minimum Gasteiger partial charge on any atom is -0.320 e. The second-order valence-electron chi connectivity index (χ2n) is 3.51. The fourth-order valence-electron chi connectivity index (χ4n) is 1.33. The second kappa shape index (κ2) is 4.56. The summed E-state index contributed by atoms with van der Waals surface area (Å²) in [7, 11) is 0. The SMILES string of the molecule is N[C@H](Cc1ccccc1C(F)(F)F)C(F)(F)F. The number of alkyl halides is 6. The summed E-state index contributed by atoms with van der Waals surface area (Å²) < 4.78 is 73.9. The van der Waals surface area contributed by atoms with Gasteiger partial charge in [0.25, 0.3) is 0 Å². The third-order valence-electron chi connectivity index (χ3n) is 2.18. The van der Waals surface area contributed by atoms with E-state index >= 15 is 0 Å². The van der Waals surface area contributed by atoms with E-state index in [9.17, 15) is 26.3 Å². The Bertz CT molecular complexity index is 381. The van der Waals surface area contributed by atoms with E-state index in [0.29, 0.717) is 0 Å². The Morgan fingerprint density at radius 3 is 2.00 bits per heavy atom. The summed E-state index contributed by atoms with van der Waals surface area (Å²) >= 11 is 0. The summed E-state index contributed by atoms with van der Waals surface area (Å²) in [4.78, 5) is 0. The van der Waals surface area contributed by atoms with E-state index in [1.807, 2.05) is 0 Å². The fraction of sp³-hybridized carbons (Fsp3) is 0.400. The van der Waals surface area contributed by atoms with Crippen molar-refractivity contribution in [1.29, 1.82) is 0 Å². The highest BCUT2D eigenvalue weighted by Crippen LogP contribution is 2.33. The minimum atomic E-state index is -4.71. The number of hydrogen-bond acceptors (Lipinski definition) is 1. The molecule has 1 atom stereocenters. The molecule has 0 amide bonds. The van der Waals surface area contributed by atoms with E-state index in [-0.39, 0.29) is 0 Å². The molecule has 0 saturated carbocycles. The molecule has 2 N–H and O–H groups in total. The molecule has 1 aromatic rings. The van der Waals surface area contributed by atoms with Crippen molar-refractivity contribution in [3.8, 4) is 0 Å². The van der Waals surface area contributed by atoms with Crippen molar-refractivity contribution in [1.82, 2.24) is 0 Å². The Hall–Kier alpha value is -1.24. The van der Waals surface area contributed by atoms with Gasteiger partial charge in [0.15, 0.2) is 0 Å². The Morgan fingerprint density at radius 1 is 1.00 bits per heavy atom. The van der Waals surface area contributed by atoms with Crippen molar-refractivity contribution in [2.45, 2.75) is 24.8 Å². The summed E-state index contributed by atoms with van der Waals surface area (Å²) in [5.41, 5.74) is 3.27. The van der Waals surface area contributed by atoms with Crippen LogP contribution in [-0.2, 0) is 12.6 Å². The lowest BCUT2D eigenvalue weighted by molar-refractivity contribution is -0.149. The first-order valence-corrected chi connectivity index (χ1v) is 4.60. The average molecular weight is 257 g/mol. The van der Waals surface area contributed by atoms with Gasteiger partial charge < -0.3 is 5.73 Å². The molecular weight excluding hydrogens is 248 g/mol. The summed E-state index contributed by atoms with van der Waals surface area (Å²) in [5.74, 6) is 0. The van der Waals surface area contributed by atoms with Gasteiger partial charge in [0, 0.05) is 0 Å². The zero-order valence-corrected chi connectivity index (χ0v) is 8.44. The van der Waals surface area contributed by atoms with Crippen LogP contribution in [0.15, 0.2) is 24.3 Å². The molecule has 96 valence electrons. The van der Waals surface area contributed by atoms with E-state index in [0.717, 1.165) is 18.2 Å². The van der Waals surface area contributed by atoms with Crippen LogP contribution in [0.5, 0.6) is 0 Å². The molecule has 7 heteroatoms. The lowest BCUT2D eigenvalue weighted by Gasteiger charge is -2.18. The molecule has 1 nitrogen and oxygen atoms in total. The molecule has 17 heavy (non-hydrogen) atoms. The number of rotatable bonds is 2. The van der Waals surface area contributed by atoms with Crippen LogP contribution >= 0.6 is 0 Å². The predicted octanol–water partition coefficient (Wildman–Crippen LogP) is 3.14. The van der Waals surface area contributed by atoms with E-state index in [1.165, 1.54) is 6.07 Å². The number of hydrogen-bond donors (Lipinski definition) is 1. The standard InChI is InChI=1S/C10H9F6N/c11-9(12,13)7-4-2-1-3-6(7)5-8(17)10(14,15)16/h1-4,8H,5,17H2/t8-/m1/s1. The Labute approximate surface area is 93.2 Å². The fourth-order valence-corrected chi connectivity index (χ4v) is 1.33. The van der Waals surface area contributed by atoms with Crippen LogP contribution in [0.1, 0.15) is 11.1 Å². The molecule has 0 heterocycles. The molecule has 0 unspecified atom stereocenters. The zero-order chi connectivity index (χ0) is 13.3. The third kappa shape index (κ3) is 3.62. The van der Waals surface area contributed by atoms with Gasteiger partial charge in [-0.25, -0.2) is 0 Å². The lowest BCUT2D eigenvalue weighted by atomic mass is 10.00. The van der Waals surface area contributed by atoms with Gasteiger partial charge in [0.05, 0.1) is 5.56 Å². The van der Waals surface area contributed by atoms with Gasteiger partial charge in [-0.3, -0.25) is 0 Å². The summed E-state index contributed by atoms with van der Waals surface area (Å²) in [6.07, 6.45) is -10.3. The van der Waals surface area contributed by atoms with Crippen LogP contribution in [0.25, 0.3) is 0 Å². The zero-order valence-electron chi connectivity index (χ0n) is 8.44. The Balaban J connectivity index is 3.00. The van der Waals surface area contributed by atoms with Crippen molar-refractivity contribution >= 4 is 0 Å². The average Bonchev–Trinajstić information content (AvgIpc) is 2.15. The predicted molar refractivity (Wildman–Crippen MR) is 49.2 cm³/mol. The van der Waals surface area contributed by atoms with Gasteiger partial charge in [-0.2, -0.15) is 26.3 Å². The van der Waals surface area contributed by atoms with Crippen LogP contribution in [0.3, 0.4) is 0 Å². The normalized spacial score (nSPS) is 14.8. The van der Waals surface area contributed by atoms with Crippen molar-refractivity contribution in [2.75, 3.05) is 0 Å². The van der Waals surface area contributed by atoms with Gasteiger partial charge >= 0.3 is 12.4 Å². The molecule has 0 spiro atoms. The topological polar surface area (TPSA) is 26.0 Å². The first-order valence-electron chi connectivity index (χ1n) is 4.60.